The molecule has 18 heavy (non-hydrogen) atoms. The lowest BCUT2D eigenvalue weighted by Gasteiger charge is -2.09. The number of hydrogen-bond donors (Lipinski definition) is 0. The van der Waals surface area contributed by atoms with Gasteiger partial charge in [-0.05, 0) is 25.8 Å². The van der Waals surface area contributed by atoms with Gasteiger partial charge in [0.15, 0.2) is 0 Å². The van der Waals surface area contributed by atoms with E-state index < -0.39 is 11.9 Å². The smallest absolute Gasteiger partial charge is 0.381 e. The highest BCUT2D eigenvalue weighted by molar-refractivity contribution is 5.79. The summed E-state index contributed by atoms with van der Waals surface area (Å²) in [6.45, 7) is 3.63. The number of ether oxygens (including phenoxy) is 1. The minimum Gasteiger partial charge on any atom is -0.461 e. The number of unbranched alkanes of at least 4 members (excludes halogenated alkanes) is 6. The summed E-state index contributed by atoms with van der Waals surface area (Å²) in [7, 11) is 0. The highest BCUT2D eigenvalue weighted by Gasteiger charge is 2.37. The SMILES string of the molecule is CCCCCCCC/C=C/C(F)(F)C(=O)OCC. The van der Waals surface area contributed by atoms with Crippen LogP contribution < -0.4 is 0 Å². The minimum atomic E-state index is -3.49. The molecule has 0 bridgehead atoms. The minimum absolute atomic E-state index is 0.0281. The lowest BCUT2D eigenvalue weighted by Crippen LogP contribution is -2.28. The Balaban J connectivity index is 3.70. The van der Waals surface area contributed by atoms with Gasteiger partial charge in [-0.1, -0.05) is 45.1 Å². The molecule has 0 heterocycles. The molecule has 0 aliphatic heterocycles. The summed E-state index contributed by atoms with van der Waals surface area (Å²) < 4.78 is 30.5. The van der Waals surface area contributed by atoms with Gasteiger partial charge in [-0.15, -0.1) is 0 Å². The third-order valence-electron chi connectivity index (χ3n) is 2.60. The maximum Gasteiger partial charge on any atom is 0.381 e. The molecule has 0 aromatic carbocycles. The van der Waals surface area contributed by atoms with Gasteiger partial charge in [-0.2, -0.15) is 8.78 Å². The summed E-state index contributed by atoms with van der Waals surface area (Å²) >= 11 is 0. The standard InChI is InChI=1S/C14H24F2O2/c1-3-5-6-7-8-9-10-11-12-14(15,16)13(17)18-4-2/h11-12H,3-10H2,1-2H3/b12-11+. The molecule has 0 unspecified atom stereocenters. The molecule has 0 spiro atoms. The van der Waals surface area contributed by atoms with Crippen molar-refractivity contribution in [2.75, 3.05) is 6.61 Å². The second-order valence-corrected chi connectivity index (χ2v) is 4.30. The zero-order chi connectivity index (χ0) is 13.9. The molecule has 0 radical (unpaired) electrons. The molecular weight excluding hydrogens is 238 g/mol. The first kappa shape index (κ1) is 17.1. The molecule has 2 nitrogen and oxygen atoms in total. The number of esters is 1. The number of hydrogen-bond acceptors (Lipinski definition) is 2. The Morgan fingerprint density at radius 1 is 1.11 bits per heavy atom. The van der Waals surface area contributed by atoms with Gasteiger partial charge < -0.3 is 4.74 Å². The van der Waals surface area contributed by atoms with Crippen LogP contribution in [0.15, 0.2) is 12.2 Å². The van der Waals surface area contributed by atoms with Crippen LogP contribution in [0.25, 0.3) is 0 Å². The number of rotatable bonds is 10. The van der Waals surface area contributed by atoms with Crippen LogP contribution in [0.4, 0.5) is 8.78 Å². The van der Waals surface area contributed by atoms with Crippen LogP contribution in [0, 0.1) is 0 Å². The van der Waals surface area contributed by atoms with Crippen molar-refractivity contribution in [3.63, 3.8) is 0 Å². The van der Waals surface area contributed by atoms with Crippen molar-refractivity contribution in [2.24, 2.45) is 0 Å². The molecule has 0 aliphatic carbocycles. The molecule has 0 aromatic rings. The van der Waals surface area contributed by atoms with Gasteiger partial charge in [0.1, 0.15) is 0 Å². The Kier molecular flexibility index (Phi) is 9.52. The zero-order valence-electron chi connectivity index (χ0n) is 11.4. The molecule has 0 saturated carbocycles. The van der Waals surface area contributed by atoms with Crippen molar-refractivity contribution in [1.82, 2.24) is 0 Å². The first-order valence-corrected chi connectivity index (χ1v) is 6.77. The summed E-state index contributed by atoms with van der Waals surface area (Å²) in [5.41, 5.74) is 0. The molecular formula is C14H24F2O2. The van der Waals surface area contributed by atoms with E-state index in [1.807, 2.05) is 0 Å². The molecule has 0 fully saturated rings. The van der Waals surface area contributed by atoms with E-state index in [0.29, 0.717) is 12.5 Å². The third-order valence-corrected chi connectivity index (χ3v) is 2.60. The normalized spacial score (nSPS) is 12.0. The zero-order valence-corrected chi connectivity index (χ0v) is 11.4. The van der Waals surface area contributed by atoms with Crippen molar-refractivity contribution in [3.8, 4) is 0 Å². The monoisotopic (exact) mass is 262 g/mol. The summed E-state index contributed by atoms with van der Waals surface area (Å²) in [6.07, 6.45) is 9.33. The van der Waals surface area contributed by atoms with Gasteiger partial charge in [0.05, 0.1) is 6.61 Å². The molecule has 106 valence electrons. The highest BCUT2D eigenvalue weighted by atomic mass is 19.3. The van der Waals surface area contributed by atoms with E-state index in [-0.39, 0.29) is 6.61 Å². The van der Waals surface area contributed by atoms with Crippen molar-refractivity contribution >= 4 is 5.97 Å². The fourth-order valence-corrected chi connectivity index (χ4v) is 1.57. The number of carbonyl (C=O) groups is 1. The third kappa shape index (κ3) is 8.20. The average Bonchev–Trinajstić information content (AvgIpc) is 2.33. The molecule has 0 amide bonds. The fourth-order valence-electron chi connectivity index (χ4n) is 1.57. The second kappa shape index (κ2) is 10.0. The Labute approximate surface area is 108 Å². The highest BCUT2D eigenvalue weighted by Crippen LogP contribution is 2.18. The summed E-state index contributed by atoms with van der Waals surface area (Å²) in [5, 5.41) is 0. The van der Waals surface area contributed by atoms with Gasteiger partial charge >= 0.3 is 11.9 Å². The first-order valence-electron chi connectivity index (χ1n) is 6.77. The van der Waals surface area contributed by atoms with Gasteiger partial charge in [0, 0.05) is 0 Å². The van der Waals surface area contributed by atoms with Crippen molar-refractivity contribution in [2.45, 2.75) is 64.7 Å². The van der Waals surface area contributed by atoms with Gasteiger partial charge in [0.2, 0.25) is 0 Å². The van der Waals surface area contributed by atoms with Crippen molar-refractivity contribution < 1.29 is 18.3 Å². The molecule has 0 aliphatic rings. The van der Waals surface area contributed by atoms with E-state index in [2.05, 4.69) is 11.7 Å². The van der Waals surface area contributed by atoms with Crippen LogP contribution in [0.1, 0.15) is 58.8 Å². The maximum atomic E-state index is 13.1. The van der Waals surface area contributed by atoms with E-state index in [1.165, 1.54) is 32.3 Å². The Morgan fingerprint density at radius 3 is 2.33 bits per heavy atom. The van der Waals surface area contributed by atoms with E-state index in [4.69, 9.17) is 0 Å². The van der Waals surface area contributed by atoms with Crippen LogP contribution in [-0.4, -0.2) is 18.5 Å². The quantitative estimate of drug-likeness (QED) is 0.329. The van der Waals surface area contributed by atoms with Crippen LogP contribution in [-0.2, 0) is 9.53 Å². The average molecular weight is 262 g/mol. The maximum absolute atomic E-state index is 13.1. The molecule has 0 rings (SSSR count). The Hall–Kier alpha value is -0.930. The lowest BCUT2D eigenvalue weighted by molar-refractivity contribution is -0.164. The van der Waals surface area contributed by atoms with Crippen LogP contribution in [0.5, 0.6) is 0 Å². The van der Waals surface area contributed by atoms with Gasteiger partial charge in [-0.25, -0.2) is 4.79 Å². The molecule has 4 heteroatoms. The predicted molar refractivity (Wildman–Crippen MR) is 68.7 cm³/mol. The topological polar surface area (TPSA) is 26.3 Å². The van der Waals surface area contributed by atoms with E-state index in [0.717, 1.165) is 19.3 Å². The lowest BCUT2D eigenvalue weighted by atomic mass is 10.1. The van der Waals surface area contributed by atoms with E-state index in [9.17, 15) is 13.6 Å². The molecule has 0 N–H and O–H groups in total. The van der Waals surface area contributed by atoms with E-state index >= 15 is 0 Å². The summed E-state index contributed by atoms with van der Waals surface area (Å²) in [6, 6.07) is 0. The fraction of sp³-hybridized carbons (Fsp3) is 0.786. The van der Waals surface area contributed by atoms with E-state index in [1.54, 1.807) is 0 Å². The molecule has 0 aromatic heterocycles. The second-order valence-electron chi connectivity index (χ2n) is 4.30. The van der Waals surface area contributed by atoms with Crippen molar-refractivity contribution in [1.29, 1.82) is 0 Å². The number of alkyl halides is 2. The van der Waals surface area contributed by atoms with Gasteiger partial charge in [-0.3, -0.25) is 0 Å². The Bertz CT molecular complexity index is 250. The van der Waals surface area contributed by atoms with Crippen LogP contribution in [0.3, 0.4) is 0 Å². The number of carbonyl (C=O) groups excluding carboxylic acids is 1. The molecule has 0 saturated heterocycles. The van der Waals surface area contributed by atoms with Crippen molar-refractivity contribution in [3.05, 3.63) is 12.2 Å². The predicted octanol–water partition coefficient (Wildman–Crippen LogP) is 4.49. The van der Waals surface area contributed by atoms with Crippen LogP contribution in [0.2, 0.25) is 0 Å². The number of allylic oxidation sites excluding steroid dienone is 1. The molecule has 0 atom stereocenters. The number of halogens is 2. The van der Waals surface area contributed by atoms with Gasteiger partial charge in [0.25, 0.3) is 0 Å². The summed E-state index contributed by atoms with van der Waals surface area (Å²) in [4.78, 5) is 10.9. The van der Waals surface area contributed by atoms with Crippen LogP contribution >= 0.6 is 0 Å². The first-order chi connectivity index (χ1) is 8.54. The largest absolute Gasteiger partial charge is 0.461 e. The summed E-state index contributed by atoms with van der Waals surface area (Å²) in [5.74, 6) is -4.96. The Morgan fingerprint density at radius 2 is 1.72 bits per heavy atom.